The van der Waals surface area contributed by atoms with Gasteiger partial charge in [0.2, 0.25) is 59.1 Å². The molecule has 0 aromatic heterocycles. The highest BCUT2D eigenvalue weighted by atomic mass is 35.5. The highest BCUT2D eigenvalue weighted by Crippen LogP contribution is 2.29. The zero-order valence-electron chi connectivity index (χ0n) is 76.3. The van der Waals surface area contributed by atoms with Crippen LogP contribution in [0.3, 0.4) is 0 Å². The summed E-state index contributed by atoms with van der Waals surface area (Å²) in [5.41, 5.74) is 2.81. The molecule has 0 aliphatic carbocycles. The van der Waals surface area contributed by atoms with E-state index in [2.05, 4.69) is 58.5 Å². The normalized spacial score (nSPS) is 15.7. The van der Waals surface area contributed by atoms with E-state index in [1.54, 1.807) is 200 Å². The van der Waals surface area contributed by atoms with Gasteiger partial charge in [-0.1, -0.05) is 218 Å². The van der Waals surface area contributed by atoms with Crippen molar-refractivity contribution in [1.82, 2.24) is 68.3 Å². The Kier molecular flexibility index (Phi) is 41.2. The molecule has 2 fully saturated rings. The van der Waals surface area contributed by atoms with Crippen molar-refractivity contribution in [1.29, 1.82) is 0 Å². The number of amides is 13. The van der Waals surface area contributed by atoms with E-state index >= 15 is 28.8 Å². The number of alkyl carbamates (subject to hydrolysis) is 3. The molecule has 708 valence electrons. The Labute approximate surface area is 776 Å². The number of hydrogen-bond donors (Lipinski definition) is 12. The summed E-state index contributed by atoms with van der Waals surface area (Å²) in [6.45, 7) is 18.9. The molecule has 0 unspecified atom stereocenters. The maximum absolute atomic E-state index is 15.8. The molecule has 131 heavy (non-hydrogen) atoms. The van der Waals surface area contributed by atoms with Gasteiger partial charge >= 0.3 is 24.2 Å². The fourth-order valence-corrected chi connectivity index (χ4v) is 15.7. The number of benzene rings is 6. The molecule has 0 spiro atoms. The van der Waals surface area contributed by atoms with Gasteiger partial charge in [-0.05, 0) is 161 Å². The lowest BCUT2D eigenvalue weighted by atomic mass is 9.99. The van der Waals surface area contributed by atoms with Crippen molar-refractivity contribution >= 4 is 107 Å². The number of carbonyl (C=O) groups excluding carboxylic acids is 13. The van der Waals surface area contributed by atoms with Crippen LogP contribution >= 0.6 is 23.2 Å². The van der Waals surface area contributed by atoms with E-state index < -0.39 is 167 Å². The number of ether oxygens (including phenoxy) is 4. The standard InChI is InChI=1S/C97H127Cl2N13O19/c1-59(2)51-74(104-84(114)73(40-26-48-101-95(126)130-57-67-35-22-15-23-36-67)103-90(120)82(62(7)8)110-96(127)131-97(9,10)11)85(115)106-76(53-63-29-16-12-17-30-63)87(117)108-78(55-65-43-45-68(46-44-65)128-58-69-70(98)37-24-38-71(69)99)91(121)111-49-27-41-79(111)88(118)109-81(61(5)6)89(119)102-72(39-25-47-100-94(125)129-56-66-33-20-14-21-34-66)83(113)105-75(52-60(3)4)86(116)107-77(54-64-31-18-13-19-32-64)92(122)112-50-28-42-80(112)93(123)124/h12-24,29-38,43-46,59-62,72-82H,25-28,39-42,47-58H2,1-11H3,(H,100,125)(H,101,126)(H,102,119)(H,103,120)(H,104,114)(H,105,113)(H,106,115)(H,107,116)(H,108,117)(H,109,118)(H,110,127)(H,123,124)/t72-,73-,74-,75-,76+,77+,78+,79-,80-,81-,82-/m0/s1. The molecule has 2 aliphatic rings. The fraction of sp³-hybridized carbons (Fsp3) is 0.485. The van der Waals surface area contributed by atoms with Crippen LogP contribution in [0.2, 0.25) is 10.0 Å². The number of nitrogens with one attached hydrogen (secondary N) is 11. The first-order valence-electron chi connectivity index (χ1n) is 44.8. The molecule has 2 heterocycles. The van der Waals surface area contributed by atoms with Crippen molar-refractivity contribution in [3.05, 3.63) is 207 Å². The van der Waals surface area contributed by atoms with Crippen LogP contribution in [-0.4, -0.2) is 196 Å². The van der Waals surface area contributed by atoms with Crippen LogP contribution in [0.25, 0.3) is 0 Å². The van der Waals surface area contributed by atoms with Crippen LogP contribution in [0.15, 0.2) is 164 Å². The van der Waals surface area contributed by atoms with Crippen LogP contribution < -0.4 is 63.2 Å². The Morgan fingerprint density at radius 3 is 1.17 bits per heavy atom. The molecule has 2 saturated heterocycles. The average molecular weight is 1850 g/mol. The van der Waals surface area contributed by atoms with Gasteiger partial charge in [0.05, 0.1) is 0 Å². The molecule has 6 aromatic carbocycles. The zero-order valence-corrected chi connectivity index (χ0v) is 77.8. The van der Waals surface area contributed by atoms with E-state index in [-0.39, 0.29) is 135 Å². The highest BCUT2D eigenvalue weighted by molar-refractivity contribution is 6.36. The number of likely N-dealkylation sites (tertiary alicyclic amines) is 2. The molecule has 11 atom stereocenters. The Bertz CT molecular complexity index is 4780. The first-order chi connectivity index (χ1) is 62.4. The number of rotatable bonds is 47. The summed E-state index contributed by atoms with van der Waals surface area (Å²) in [6, 6.07) is 32.4. The van der Waals surface area contributed by atoms with E-state index in [0.29, 0.717) is 44.5 Å². The minimum absolute atomic E-state index is 0.00456. The molecule has 6 aromatic rings. The summed E-state index contributed by atoms with van der Waals surface area (Å²) >= 11 is 13.0. The SMILES string of the molecule is CC(C)C[C@H](NC(=O)[C@H](CCCNC(=O)OCc1ccccc1)NC(=O)[C@@H](NC(=O)OC(C)(C)C)C(C)C)C(=O)N[C@H](Cc1ccccc1)C(=O)N[C@H](Cc1ccc(OCc2c(Cl)cccc2Cl)cc1)C(=O)N1CCC[C@H]1C(=O)N[C@H](C(=O)N[C@@H](CCCNC(=O)OCc1ccccc1)C(=O)N[C@@H](CC(C)C)C(=O)N[C@H](Cc1ccccc1)C(=O)N1CCC[C@H]1C(=O)O)C(C)C. The number of carboxylic acids is 1. The monoisotopic (exact) mass is 1850 g/mol. The van der Waals surface area contributed by atoms with E-state index in [4.69, 9.17) is 42.1 Å². The second kappa shape index (κ2) is 51.9. The Morgan fingerprint density at radius 2 is 0.756 bits per heavy atom. The number of carbonyl (C=O) groups is 14. The van der Waals surface area contributed by atoms with Crippen LogP contribution in [-0.2, 0) is 106 Å². The largest absolute Gasteiger partial charge is 0.489 e. The van der Waals surface area contributed by atoms with Gasteiger partial charge in [-0.25, -0.2) is 19.2 Å². The van der Waals surface area contributed by atoms with Crippen molar-refractivity contribution in [3.63, 3.8) is 0 Å². The van der Waals surface area contributed by atoms with Crippen molar-refractivity contribution in [2.24, 2.45) is 23.7 Å². The van der Waals surface area contributed by atoms with Gasteiger partial charge in [-0.3, -0.25) is 47.9 Å². The molecule has 32 nitrogen and oxygen atoms in total. The third-order valence-corrected chi connectivity index (χ3v) is 22.7. The van der Waals surface area contributed by atoms with E-state index in [9.17, 15) is 43.5 Å². The lowest BCUT2D eigenvalue weighted by molar-refractivity contribution is -0.149. The molecule has 12 N–H and O–H groups in total. The fourth-order valence-electron chi connectivity index (χ4n) is 15.2. The number of aliphatic carboxylic acids is 1. The minimum Gasteiger partial charge on any atom is -0.489 e. The van der Waals surface area contributed by atoms with Gasteiger partial charge in [0.1, 0.15) is 97.6 Å². The summed E-state index contributed by atoms with van der Waals surface area (Å²) in [7, 11) is 0. The Balaban J connectivity index is 1.06. The summed E-state index contributed by atoms with van der Waals surface area (Å²) in [6.07, 6.45) is -1.88. The molecule has 2 aliphatic heterocycles. The van der Waals surface area contributed by atoms with Gasteiger partial charge in [-0.15, -0.1) is 0 Å². The molecule has 13 amide bonds. The predicted octanol–water partition coefficient (Wildman–Crippen LogP) is 10.3. The second-order valence-electron chi connectivity index (χ2n) is 35.5. The van der Waals surface area contributed by atoms with Crippen LogP contribution in [0, 0.1) is 23.7 Å². The smallest absolute Gasteiger partial charge is 0.408 e. The van der Waals surface area contributed by atoms with Gasteiger partial charge in [-0.2, -0.15) is 0 Å². The maximum atomic E-state index is 15.8. The first kappa shape index (κ1) is 104. The highest BCUT2D eigenvalue weighted by Gasteiger charge is 2.44. The molecule has 8 rings (SSSR count). The van der Waals surface area contributed by atoms with Crippen molar-refractivity contribution in [3.8, 4) is 5.75 Å². The third-order valence-electron chi connectivity index (χ3n) is 22.0. The van der Waals surface area contributed by atoms with Crippen molar-refractivity contribution < 1.29 is 91.2 Å². The molecule has 0 bridgehead atoms. The maximum Gasteiger partial charge on any atom is 0.408 e. The van der Waals surface area contributed by atoms with Crippen molar-refractivity contribution in [2.45, 2.75) is 252 Å². The lowest BCUT2D eigenvalue weighted by Gasteiger charge is -2.32. The Morgan fingerprint density at radius 1 is 0.397 bits per heavy atom. The van der Waals surface area contributed by atoms with Crippen LogP contribution in [0.1, 0.15) is 174 Å². The number of nitrogens with zero attached hydrogens (tertiary/aromatic N) is 2. The minimum atomic E-state index is -1.50. The first-order valence-corrected chi connectivity index (χ1v) is 45.5. The number of hydrogen-bond acceptors (Lipinski definition) is 18. The molecule has 34 heteroatoms. The topological polar surface area (TPSA) is 435 Å². The third kappa shape index (κ3) is 34.5. The molecule has 0 radical (unpaired) electrons. The average Bonchev–Trinajstić information content (AvgIpc) is 1.70. The zero-order chi connectivity index (χ0) is 95.4. The summed E-state index contributed by atoms with van der Waals surface area (Å²) in [5.74, 6) is -10.4. The molecular formula is C97H127Cl2N13O19. The van der Waals surface area contributed by atoms with E-state index in [1.165, 1.54) is 9.80 Å². The number of halogens is 2. The van der Waals surface area contributed by atoms with Gasteiger partial charge in [0.15, 0.2) is 0 Å². The van der Waals surface area contributed by atoms with Gasteiger partial charge in [0.25, 0.3) is 0 Å². The second-order valence-corrected chi connectivity index (χ2v) is 36.3. The molecule has 0 saturated carbocycles. The predicted molar refractivity (Wildman–Crippen MR) is 493 cm³/mol. The van der Waals surface area contributed by atoms with Crippen molar-refractivity contribution in [2.75, 3.05) is 26.2 Å². The summed E-state index contributed by atoms with van der Waals surface area (Å²) in [5, 5.41) is 41.5. The summed E-state index contributed by atoms with van der Waals surface area (Å²) < 4.78 is 22.4. The van der Waals surface area contributed by atoms with Gasteiger partial charge < -0.3 is 92.3 Å². The summed E-state index contributed by atoms with van der Waals surface area (Å²) in [4.78, 5) is 205. The van der Waals surface area contributed by atoms with Gasteiger partial charge in [0, 0.05) is 61.1 Å². The lowest BCUT2D eigenvalue weighted by Crippen LogP contribution is -2.61. The Hall–Kier alpha value is -12.3. The van der Waals surface area contributed by atoms with Crippen LogP contribution in [0.4, 0.5) is 14.4 Å². The quantitative estimate of drug-likeness (QED) is 0.0125. The molecular weight excluding hydrogens is 1720 g/mol. The van der Waals surface area contributed by atoms with E-state index in [1.807, 2.05) is 39.8 Å². The van der Waals surface area contributed by atoms with E-state index in [0.717, 1.165) is 11.1 Å². The van der Waals surface area contributed by atoms with Crippen LogP contribution in [0.5, 0.6) is 5.75 Å². The number of carboxylic acid groups (broad SMARTS) is 1.